The highest BCUT2D eigenvalue weighted by Gasteiger charge is 2.14. The molecular formula is C18H23N5O3S. The predicted molar refractivity (Wildman–Crippen MR) is 106 cm³/mol. The van der Waals surface area contributed by atoms with Crippen LogP contribution in [0.2, 0.25) is 0 Å². The lowest BCUT2D eigenvalue weighted by Crippen LogP contribution is -2.17. The number of nitrogen functional groups attached to an aromatic ring is 1. The van der Waals surface area contributed by atoms with Crippen LogP contribution in [0.3, 0.4) is 0 Å². The maximum Gasteiger partial charge on any atom is 0.328 e. The number of imidazole rings is 1. The van der Waals surface area contributed by atoms with Gasteiger partial charge in [-0.25, -0.2) is 14.8 Å². The minimum absolute atomic E-state index is 0.253. The predicted octanol–water partition coefficient (Wildman–Crippen LogP) is 1.90. The molecule has 0 aliphatic rings. The number of thioether (sulfide) groups is 1. The van der Waals surface area contributed by atoms with E-state index in [0.717, 1.165) is 5.56 Å². The van der Waals surface area contributed by atoms with E-state index in [-0.39, 0.29) is 11.5 Å². The third-order valence-corrected chi connectivity index (χ3v) is 4.66. The number of hydrogen-bond donors (Lipinski definition) is 2. The monoisotopic (exact) mass is 389 g/mol. The molecule has 3 aromatic rings. The molecule has 9 heteroatoms. The number of H-pyrrole nitrogens is 1. The van der Waals surface area contributed by atoms with E-state index in [4.69, 9.17) is 15.2 Å². The van der Waals surface area contributed by atoms with Crippen LogP contribution < -0.4 is 11.4 Å². The second-order valence-corrected chi connectivity index (χ2v) is 6.81. The van der Waals surface area contributed by atoms with E-state index in [1.54, 1.807) is 4.57 Å². The minimum Gasteiger partial charge on any atom is -0.382 e. The van der Waals surface area contributed by atoms with Gasteiger partial charge in [0.05, 0.1) is 26.4 Å². The molecule has 8 nitrogen and oxygen atoms in total. The lowest BCUT2D eigenvalue weighted by atomic mass is 10.2. The molecule has 0 unspecified atom stereocenters. The number of fused-ring (bicyclic) bond motifs is 1. The fourth-order valence-electron chi connectivity index (χ4n) is 2.56. The summed E-state index contributed by atoms with van der Waals surface area (Å²) in [7, 11) is 0. The Balaban J connectivity index is 1.71. The number of rotatable bonds is 10. The van der Waals surface area contributed by atoms with Crippen molar-refractivity contribution in [1.29, 1.82) is 0 Å². The van der Waals surface area contributed by atoms with Crippen molar-refractivity contribution in [2.45, 2.75) is 18.6 Å². The summed E-state index contributed by atoms with van der Waals surface area (Å²) in [6.45, 7) is 4.76. The normalized spacial score (nSPS) is 11.3. The number of aromatic nitrogens is 4. The highest BCUT2D eigenvalue weighted by molar-refractivity contribution is 7.99. The van der Waals surface area contributed by atoms with Crippen LogP contribution in [0, 0.1) is 0 Å². The van der Waals surface area contributed by atoms with E-state index >= 15 is 0 Å². The van der Waals surface area contributed by atoms with Crippen LogP contribution in [0.4, 0.5) is 5.82 Å². The van der Waals surface area contributed by atoms with Crippen LogP contribution in [0.15, 0.2) is 40.3 Å². The van der Waals surface area contributed by atoms with Gasteiger partial charge in [-0.2, -0.15) is 0 Å². The molecule has 3 N–H and O–H groups in total. The van der Waals surface area contributed by atoms with E-state index in [9.17, 15) is 4.79 Å². The Bertz CT molecular complexity index is 926. The molecule has 0 radical (unpaired) electrons. The Morgan fingerprint density at radius 3 is 2.70 bits per heavy atom. The van der Waals surface area contributed by atoms with Crippen molar-refractivity contribution in [3.8, 4) is 0 Å². The van der Waals surface area contributed by atoms with Gasteiger partial charge in [0.2, 0.25) is 0 Å². The highest BCUT2D eigenvalue weighted by Crippen LogP contribution is 2.20. The molecular weight excluding hydrogens is 366 g/mol. The summed E-state index contributed by atoms with van der Waals surface area (Å²) in [5.41, 5.74) is 7.75. The van der Waals surface area contributed by atoms with E-state index < -0.39 is 0 Å². The van der Waals surface area contributed by atoms with Crippen molar-refractivity contribution in [3.05, 3.63) is 46.4 Å². The number of nitrogens with zero attached hydrogens (tertiary/aromatic N) is 3. The Kier molecular flexibility index (Phi) is 6.86. The molecule has 0 atom stereocenters. The fraction of sp³-hybridized carbons (Fsp3) is 0.389. The molecule has 3 rings (SSSR count). The van der Waals surface area contributed by atoms with Crippen molar-refractivity contribution in [3.63, 3.8) is 0 Å². The number of benzene rings is 1. The molecule has 0 aliphatic carbocycles. The number of aromatic amines is 1. The summed E-state index contributed by atoms with van der Waals surface area (Å²) < 4.78 is 12.3. The number of ether oxygens (including phenoxy) is 2. The zero-order valence-electron chi connectivity index (χ0n) is 15.2. The van der Waals surface area contributed by atoms with Crippen LogP contribution in [0.5, 0.6) is 0 Å². The average Bonchev–Trinajstić information content (AvgIpc) is 2.98. The number of anilines is 1. The van der Waals surface area contributed by atoms with Crippen LogP contribution in [-0.2, 0) is 16.0 Å². The van der Waals surface area contributed by atoms with Crippen LogP contribution >= 0.6 is 11.8 Å². The number of nitrogens with two attached hydrogens (primary N) is 1. The number of nitrogens with one attached hydrogen (secondary N) is 1. The van der Waals surface area contributed by atoms with E-state index in [1.165, 1.54) is 11.8 Å². The van der Waals surface area contributed by atoms with Crippen molar-refractivity contribution < 1.29 is 9.47 Å². The van der Waals surface area contributed by atoms with Crippen LogP contribution in [0.25, 0.3) is 11.2 Å². The summed E-state index contributed by atoms with van der Waals surface area (Å²) in [4.78, 5) is 23.9. The first-order chi connectivity index (χ1) is 13.2. The second kappa shape index (κ2) is 9.54. The standard InChI is InChI=1S/C18H23N5O3S/c1-2-25-8-9-26-10-11-27-17-21-15(19)14-16(22-17)23(18(24)20-14)12-13-6-4-3-5-7-13/h3-7H,2,8-12H2,1H3,(H,20,24)(H2,19,21,22). The first-order valence-electron chi connectivity index (χ1n) is 8.77. The van der Waals surface area contributed by atoms with Gasteiger partial charge in [-0.05, 0) is 12.5 Å². The molecule has 0 amide bonds. The first-order valence-corrected chi connectivity index (χ1v) is 9.76. The van der Waals surface area contributed by atoms with Gasteiger partial charge in [0, 0.05) is 12.4 Å². The molecule has 0 saturated carbocycles. The Morgan fingerprint density at radius 1 is 1.15 bits per heavy atom. The van der Waals surface area contributed by atoms with E-state index in [2.05, 4.69) is 15.0 Å². The topological polar surface area (TPSA) is 108 Å². The Labute approximate surface area is 161 Å². The van der Waals surface area contributed by atoms with E-state index in [0.29, 0.717) is 55.0 Å². The van der Waals surface area contributed by atoms with Gasteiger partial charge in [0.25, 0.3) is 0 Å². The van der Waals surface area contributed by atoms with Crippen LogP contribution in [-0.4, -0.2) is 51.7 Å². The number of hydrogen-bond acceptors (Lipinski definition) is 7. The lowest BCUT2D eigenvalue weighted by molar-refractivity contribution is 0.0594. The second-order valence-electron chi connectivity index (χ2n) is 5.75. The molecule has 2 aromatic heterocycles. The quantitative estimate of drug-likeness (QED) is 0.310. The van der Waals surface area contributed by atoms with Crippen molar-refractivity contribution in [2.24, 2.45) is 0 Å². The molecule has 1 aromatic carbocycles. The summed E-state index contributed by atoms with van der Waals surface area (Å²) >= 11 is 1.44. The fourth-order valence-corrected chi connectivity index (χ4v) is 3.26. The molecule has 144 valence electrons. The molecule has 0 saturated heterocycles. The third-order valence-electron chi connectivity index (χ3n) is 3.85. The highest BCUT2D eigenvalue weighted by atomic mass is 32.2. The van der Waals surface area contributed by atoms with Gasteiger partial charge in [-0.3, -0.25) is 4.57 Å². The van der Waals surface area contributed by atoms with Crippen molar-refractivity contribution in [1.82, 2.24) is 19.5 Å². The zero-order valence-corrected chi connectivity index (χ0v) is 16.0. The summed E-state index contributed by atoms with van der Waals surface area (Å²) in [5.74, 6) is 0.952. The van der Waals surface area contributed by atoms with Gasteiger partial charge in [-0.15, -0.1) is 0 Å². The first kappa shape index (κ1) is 19.4. The van der Waals surface area contributed by atoms with Gasteiger partial charge in [-0.1, -0.05) is 42.1 Å². The van der Waals surface area contributed by atoms with E-state index in [1.807, 2.05) is 37.3 Å². The molecule has 0 spiro atoms. The van der Waals surface area contributed by atoms with Crippen molar-refractivity contribution >= 4 is 28.7 Å². The summed E-state index contributed by atoms with van der Waals surface area (Å²) in [6, 6.07) is 9.74. The van der Waals surface area contributed by atoms with Crippen LogP contribution in [0.1, 0.15) is 12.5 Å². The van der Waals surface area contributed by atoms with Gasteiger partial charge in [0.15, 0.2) is 16.6 Å². The molecule has 27 heavy (non-hydrogen) atoms. The largest absolute Gasteiger partial charge is 0.382 e. The Hall–Kier alpha value is -2.36. The lowest BCUT2D eigenvalue weighted by Gasteiger charge is -2.06. The average molecular weight is 389 g/mol. The smallest absolute Gasteiger partial charge is 0.328 e. The molecule has 2 heterocycles. The molecule has 0 aliphatic heterocycles. The molecule has 0 bridgehead atoms. The maximum atomic E-state index is 12.3. The minimum atomic E-state index is -0.253. The van der Waals surface area contributed by atoms with Crippen molar-refractivity contribution in [2.75, 3.05) is 37.9 Å². The summed E-state index contributed by atoms with van der Waals surface area (Å²) in [6.07, 6.45) is 0. The Morgan fingerprint density at radius 2 is 1.93 bits per heavy atom. The maximum absolute atomic E-state index is 12.3. The SMILES string of the molecule is CCOCCOCCSc1nc(N)c2[nH]c(=O)n(Cc3ccccc3)c2n1. The summed E-state index contributed by atoms with van der Waals surface area (Å²) in [5, 5.41) is 0.522. The molecule has 0 fully saturated rings. The zero-order chi connectivity index (χ0) is 19.1. The van der Waals surface area contributed by atoms with Gasteiger partial charge in [0.1, 0.15) is 5.52 Å². The third kappa shape index (κ3) is 5.09. The van der Waals surface area contributed by atoms with Gasteiger partial charge < -0.3 is 20.2 Å². The van der Waals surface area contributed by atoms with Gasteiger partial charge >= 0.3 is 5.69 Å².